The fourth-order valence-electron chi connectivity index (χ4n) is 0.250. The number of hydrogen-bond donors (Lipinski definition) is 0. The maximum absolute atomic E-state index is 10.4. The van der Waals surface area contributed by atoms with E-state index in [2.05, 4.69) is 22.4 Å². The van der Waals surface area contributed by atoms with Crippen molar-refractivity contribution in [2.75, 3.05) is 5.75 Å². The van der Waals surface area contributed by atoms with Crippen LogP contribution in [0, 0.1) is 0 Å². The van der Waals surface area contributed by atoms with Gasteiger partial charge in [-0.2, -0.15) is 7.43 Å². The summed E-state index contributed by atoms with van der Waals surface area (Å²) in [6, 6.07) is 0. The first-order chi connectivity index (χ1) is 3.06. The van der Waals surface area contributed by atoms with Crippen molar-refractivity contribution in [3.63, 3.8) is 0 Å². The molecule has 0 rings (SSSR count). The Hall–Kier alpha value is 1.75. The first-order valence-corrected chi connectivity index (χ1v) is 5.57. The molecule has 0 amide bonds. The molecule has 0 unspecified atom stereocenters. The van der Waals surface area contributed by atoms with Gasteiger partial charge in [0.15, 0.2) is 0 Å². The Balaban J connectivity index is 0. The van der Waals surface area contributed by atoms with Crippen molar-refractivity contribution < 1.29 is 34.1 Å². The molecule has 8 heavy (non-hydrogen) atoms. The van der Waals surface area contributed by atoms with Crippen molar-refractivity contribution >= 4 is 29.8 Å². The quantitative estimate of drug-likeness (QED) is 0.441. The molecule has 0 spiro atoms. The average Bonchev–Trinajstić information content (AvgIpc) is 1.30. The molecule has 0 aromatic rings. The summed E-state index contributed by atoms with van der Waals surface area (Å²) in [4.78, 5) is 0. The smallest absolute Gasteiger partial charge is 0.790 e. The summed E-state index contributed by atoms with van der Waals surface area (Å²) in [6.45, 7) is 1.91. The molecule has 0 radical (unpaired) electrons. The molecule has 0 heterocycles. The molecule has 0 aliphatic heterocycles. The van der Waals surface area contributed by atoms with Crippen molar-refractivity contribution in [2.45, 2.75) is 13.3 Å². The van der Waals surface area contributed by atoms with Crippen LogP contribution in [-0.4, -0.2) is 10.3 Å². The molecule has 44 valence electrons. The van der Waals surface area contributed by atoms with Gasteiger partial charge in [-0.05, 0) is 12.2 Å². The van der Waals surface area contributed by atoms with E-state index in [-0.39, 0.29) is 29.6 Å². The third kappa shape index (κ3) is 10.7. The molecule has 5 heteroatoms. The molecule has 0 aromatic heterocycles. The summed E-state index contributed by atoms with van der Waals surface area (Å²) in [5.74, 6) is 0.498. The van der Waals surface area contributed by atoms with Gasteiger partial charge in [-0.25, -0.2) is 0 Å². The second-order valence-corrected chi connectivity index (χ2v) is 6.65. The van der Waals surface area contributed by atoms with Gasteiger partial charge in [0.2, 0.25) is 0 Å². The third-order valence-corrected chi connectivity index (χ3v) is 2.36. The molecule has 1 nitrogen and oxygen atoms in total. The van der Waals surface area contributed by atoms with Crippen LogP contribution in [0.1, 0.15) is 13.3 Å². The van der Waals surface area contributed by atoms with Crippen molar-refractivity contribution in [2.24, 2.45) is 0 Å². The zero-order chi connectivity index (χ0) is 5.91. The van der Waals surface area contributed by atoms with E-state index in [1.54, 1.807) is 0 Å². The van der Waals surface area contributed by atoms with Crippen LogP contribution in [-0.2, 0) is 29.8 Å². The summed E-state index contributed by atoms with van der Waals surface area (Å²) < 4.78 is 10.4. The fourth-order valence-corrected chi connectivity index (χ4v) is 1.75. The van der Waals surface area contributed by atoms with E-state index in [4.69, 9.17) is 0 Å². The van der Waals surface area contributed by atoms with Crippen LogP contribution in [0.3, 0.4) is 0 Å². The number of rotatable bonds is 2. The van der Waals surface area contributed by atoms with Crippen LogP contribution < -0.4 is 29.6 Å². The van der Waals surface area contributed by atoms with E-state index in [9.17, 15) is 4.55 Å². The minimum Gasteiger partial charge on any atom is -0.790 e. The molecular weight excluding hydrogens is 171 g/mol. The molecule has 0 aliphatic carbocycles. The van der Waals surface area contributed by atoms with Crippen LogP contribution in [0.15, 0.2) is 0 Å². The van der Waals surface area contributed by atoms with E-state index >= 15 is 0 Å². The normalized spacial score (nSPS) is 10.2. The molecule has 0 fully saturated rings. The van der Waals surface area contributed by atoms with Crippen molar-refractivity contribution in [1.82, 2.24) is 0 Å². The third-order valence-electron chi connectivity index (χ3n) is 0.454. The van der Waals surface area contributed by atoms with Gasteiger partial charge in [-0.15, -0.1) is 0 Å². The van der Waals surface area contributed by atoms with Crippen LogP contribution in [0.25, 0.3) is 0 Å². The topological polar surface area (TPSA) is 23.1 Å². The monoisotopic (exact) mass is 178 g/mol. The second kappa shape index (κ2) is 5.53. The summed E-state index contributed by atoms with van der Waals surface area (Å²) in [7, 11) is -2.26. The first kappa shape index (κ1) is 12.4. The van der Waals surface area contributed by atoms with E-state index in [0.29, 0.717) is 5.75 Å². The Bertz CT molecular complexity index is 127. The molecular formula is C3H7NaOS3. The average molecular weight is 178 g/mol. The maximum Gasteiger partial charge on any atom is 1.00 e. The van der Waals surface area contributed by atoms with Gasteiger partial charge in [0.1, 0.15) is 0 Å². The Labute approximate surface area is 82.2 Å². The fraction of sp³-hybridized carbons (Fsp3) is 1.00. The van der Waals surface area contributed by atoms with Gasteiger partial charge in [-0.3, -0.25) is 0 Å². The van der Waals surface area contributed by atoms with Crippen molar-refractivity contribution in [1.29, 1.82) is 0 Å². The van der Waals surface area contributed by atoms with E-state index in [1.165, 1.54) is 0 Å². The summed E-state index contributed by atoms with van der Waals surface area (Å²) in [5, 5.41) is 0. The van der Waals surface area contributed by atoms with Crippen molar-refractivity contribution in [3.8, 4) is 0 Å². The largest absolute Gasteiger partial charge is 1.00 e. The Morgan fingerprint density at radius 2 is 1.88 bits per heavy atom. The number of hydrogen-bond acceptors (Lipinski definition) is 3. The Morgan fingerprint density at radius 1 is 1.50 bits per heavy atom. The van der Waals surface area contributed by atoms with Gasteiger partial charge in [-0.1, -0.05) is 29.3 Å². The molecule has 0 bridgehead atoms. The Kier molecular flexibility index (Phi) is 8.59. The van der Waals surface area contributed by atoms with Gasteiger partial charge in [0.05, 0.1) is 0 Å². The standard InChI is InChI=1S/C3H8OS3.Na/c1-2-3-7(4,5)6;/h2-3H2,1H3,(H,4,5,6);/q;+1/p-1. The predicted molar refractivity (Wildman–Crippen MR) is 38.0 cm³/mol. The molecule has 0 saturated carbocycles. The molecule has 0 N–H and O–H groups in total. The summed E-state index contributed by atoms with van der Waals surface area (Å²) in [6.07, 6.45) is 0.825. The van der Waals surface area contributed by atoms with Gasteiger partial charge >= 0.3 is 29.6 Å². The summed E-state index contributed by atoms with van der Waals surface area (Å²) >= 11 is 8.85. The van der Waals surface area contributed by atoms with Gasteiger partial charge in [0.25, 0.3) is 0 Å². The minimum absolute atomic E-state index is 0. The van der Waals surface area contributed by atoms with E-state index in [0.717, 1.165) is 6.42 Å². The predicted octanol–water partition coefficient (Wildman–Crippen LogP) is -2.39. The first-order valence-electron chi connectivity index (χ1n) is 2.00. The second-order valence-electron chi connectivity index (χ2n) is 1.26. The van der Waals surface area contributed by atoms with Crippen LogP contribution in [0.2, 0.25) is 0 Å². The van der Waals surface area contributed by atoms with E-state index < -0.39 is 7.43 Å². The minimum atomic E-state index is -2.26. The zero-order valence-corrected chi connectivity index (χ0v) is 9.50. The van der Waals surface area contributed by atoms with E-state index in [1.807, 2.05) is 6.92 Å². The van der Waals surface area contributed by atoms with Gasteiger partial charge < -0.3 is 4.55 Å². The van der Waals surface area contributed by atoms with Crippen LogP contribution >= 0.6 is 0 Å². The molecule has 0 aromatic carbocycles. The summed E-state index contributed by atoms with van der Waals surface area (Å²) in [5.41, 5.74) is 0. The molecule has 0 saturated heterocycles. The van der Waals surface area contributed by atoms with Crippen LogP contribution in [0.4, 0.5) is 0 Å². The maximum atomic E-state index is 10.4. The molecule has 0 aliphatic rings. The van der Waals surface area contributed by atoms with Gasteiger partial charge in [0, 0.05) is 0 Å². The zero-order valence-electron chi connectivity index (χ0n) is 5.05. The SMILES string of the molecule is CCCS([O-])(=S)=S.[Na+]. The Morgan fingerprint density at radius 3 is 1.88 bits per heavy atom. The molecule has 0 atom stereocenters. The van der Waals surface area contributed by atoms with Crippen LogP contribution in [0.5, 0.6) is 0 Å². The van der Waals surface area contributed by atoms with Crippen molar-refractivity contribution in [3.05, 3.63) is 0 Å².